The third-order valence-electron chi connectivity index (χ3n) is 5.49. The fourth-order valence-corrected chi connectivity index (χ4v) is 4.56. The first-order valence-electron chi connectivity index (χ1n) is 9.97. The van der Waals surface area contributed by atoms with Crippen molar-refractivity contribution in [3.8, 4) is 5.75 Å². The highest BCUT2D eigenvalue weighted by Gasteiger charge is 2.25. The number of nitrogens with zero attached hydrogens (tertiary/aromatic N) is 3. The van der Waals surface area contributed by atoms with Crippen LogP contribution in [0.3, 0.4) is 0 Å². The largest absolute Gasteiger partial charge is 0.490 e. The van der Waals surface area contributed by atoms with E-state index in [2.05, 4.69) is 11.9 Å². The normalized spacial score (nSPS) is 15.1. The van der Waals surface area contributed by atoms with Gasteiger partial charge in [-0.3, -0.25) is 9.59 Å². The summed E-state index contributed by atoms with van der Waals surface area (Å²) in [4.78, 5) is 31.3. The summed E-state index contributed by atoms with van der Waals surface area (Å²) in [5, 5.41) is 1.09. The summed E-state index contributed by atoms with van der Waals surface area (Å²) < 4.78 is 8.68. The van der Waals surface area contributed by atoms with Crippen LogP contribution in [0.2, 0.25) is 0 Å². The first kappa shape index (κ1) is 19.6. The highest BCUT2D eigenvalue weighted by Crippen LogP contribution is 2.25. The van der Waals surface area contributed by atoms with Gasteiger partial charge in [0.25, 0.3) is 11.5 Å². The maximum atomic E-state index is 12.9. The molecule has 7 heteroatoms. The maximum absolute atomic E-state index is 12.9. The van der Waals surface area contributed by atoms with E-state index in [-0.39, 0.29) is 17.6 Å². The molecule has 1 aromatic carbocycles. The Morgan fingerprint density at radius 3 is 2.69 bits per heavy atom. The van der Waals surface area contributed by atoms with Crippen LogP contribution in [0.1, 0.15) is 40.8 Å². The lowest BCUT2D eigenvalue weighted by Crippen LogP contribution is -2.41. The molecule has 1 fully saturated rings. The minimum atomic E-state index is -0.0719. The predicted octanol–water partition coefficient (Wildman–Crippen LogP) is 3.55. The van der Waals surface area contributed by atoms with Gasteiger partial charge in [-0.05, 0) is 37.6 Å². The van der Waals surface area contributed by atoms with E-state index in [4.69, 9.17) is 4.74 Å². The third-order valence-corrected chi connectivity index (χ3v) is 6.65. The van der Waals surface area contributed by atoms with Crippen molar-refractivity contribution in [2.75, 3.05) is 13.1 Å². The van der Waals surface area contributed by atoms with E-state index < -0.39 is 0 Å². The van der Waals surface area contributed by atoms with Gasteiger partial charge < -0.3 is 14.2 Å². The van der Waals surface area contributed by atoms with Gasteiger partial charge in [0, 0.05) is 50.3 Å². The topological polar surface area (TPSA) is 64.4 Å². The lowest BCUT2D eigenvalue weighted by Gasteiger charge is -2.32. The number of hydrogen-bond acceptors (Lipinski definition) is 5. The number of likely N-dealkylation sites (tertiary alicyclic amines) is 1. The molecule has 4 rings (SSSR count). The van der Waals surface area contributed by atoms with Gasteiger partial charge in [0.05, 0.1) is 15.2 Å². The Bertz CT molecular complexity index is 1110. The Hall–Kier alpha value is -2.67. The van der Waals surface area contributed by atoms with Crippen LogP contribution in [0.5, 0.6) is 5.75 Å². The van der Waals surface area contributed by atoms with E-state index in [1.165, 1.54) is 6.07 Å². The van der Waals surface area contributed by atoms with Crippen LogP contribution >= 0.6 is 11.3 Å². The number of amides is 1. The molecule has 3 aromatic rings. The van der Waals surface area contributed by atoms with Crippen molar-refractivity contribution in [2.45, 2.75) is 39.2 Å². The minimum absolute atomic E-state index is 0.0154. The number of hydrogen-bond donors (Lipinski definition) is 0. The van der Waals surface area contributed by atoms with Gasteiger partial charge >= 0.3 is 0 Å². The van der Waals surface area contributed by atoms with Gasteiger partial charge in [-0.1, -0.05) is 6.92 Å². The summed E-state index contributed by atoms with van der Waals surface area (Å²) in [6.45, 7) is 5.27. The van der Waals surface area contributed by atoms with Crippen molar-refractivity contribution in [2.24, 2.45) is 7.05 Å². The number of fused-ring (bicyclic) bond motifs is 1. The van der Waals surface area contributed by atoms with E-state index in [0.29, 0.717) is 24.4 Å². The van der Waals surface area contributed by atoms with Crippen molar-refractivity contribution in [3.63, 3.8) is 0 Å². The SMILES string of the molecule is CCc1nc2ccc(C(=O)N3CCC(Oc4cc(C)n(C)c(=O)c4)CC3)cc2s1. The van der Waals surface area contributed by atoms with Gasteiger partial charge in [-0.25, -0.2) is 4.98 Å². The molecule has 29 heavy (non-hydrogen) atoms. The first-order valence-corrected chi connectivity index (χ1v) is 10.8. The van der Waals surface area contributed by atoms with Gasteiger partial charge in [0.15, 0.2) is 0 Å². The molecule has 1 aliphatic rings. The highest BCUT2D eigenvalue weighted by atomic mass is 32.1. The molecule has 1 aliphatic heterocycles. The standard InChI is InChI=1S/C22H25N3O3S/c1-4-20-23-18-6-5-15(12-19(18)29-20)22(27)25-9-7-16(8-10-25)28-17-11-14(2)24(3)21(26)13-17/h5-6,11-13,16H,4,7-10H2,1-3H3. The molecule has 2 aromatic heterocycles. The summed E-state index contributed by atoms with van der Waals surface area (Å²) in [5.41, 5.74) is 2.47. The molecule has 6 nitrogen and oxygen atoms in total. The molecule has 1 saturated heterocycles. The van der Waals surface area contributed by atoms with E-state index in [0.717, 1.165) is 40.2 Å². The molecule has 0 spiro atoms. The second-order valence-electron chi connectivity index (χ2n) is 7.48. The second kappa shape index (κ2) is 7.99. The van der Waals surface area contributed by atoms with E-state index in [9.17, 15) is 9.59 Å². The quantitative estimate of drug-likeness (QED) is 0.659. The number of carbonyl (C=O) groups excluding carboxylic acids is 1. The molecule has 0 saturated carbocycles. The Morgan fingerprint density at radius 1 is 1.24 bits per heavy atom. The van der Waals surface area contributed by atoms with Crippen LogP contribution in [0.4, 0.5) is 0 Å². The van der Waals surface area contributed by atoms with Crippen LogP contribution in [-0.2, 0) is 13.5 Å². The number of pyridine rings is 1. The fourth-order valence-electron chi connectivity index (χ4n) is 3.61. The molecule has 152 valence electrons. The van der Waals surface area contributed by atoms with E-state index >= 15 is 0 Å². The Morgan fingerprint density at radius 2 is 2.00 bits per heavy atom. The summed E-state index contributed by atoms with van der Waals surface area (Å²) in [6, 6.07) is 9.17. The van der Waals surface area contributed by atoms with Crippen LogP contribution in [-0.4, -0.2) is 39.6 Å². The fraction of sp³-hybridized carbons (Fsp3) is 0.409. The molecule has 1 amide bonds. The average Bonchev–Trinajstić information content (AvgIpc) is 3.14. The summed E-state index contributed by atoms with van der Waals surface area (Å²) in [6.07, 6.45) is 2.43. The summed E-state index contributed by atoms with van der Waals surface area (Å²) in [7, 11) is 1.75. The number of aromatic nitrogens is 2. The molecule has 0 radical (unpaired) electrons. The van der Waals surface area contributed by atoms with Crippen LogP contribution in [0.25, 0.3) is 10.2 Å². The first-order chi connectivity index (χ1) is 13.9. The number of benzene rings is 1. The molecule has 0 bridgehead atoms. The number of piperidine rings is 1. The van der Waals surface area contributed by atoms with Gasteiger partial charge in [0.1, 0.15) is 11.9 Å². The minimum Gasteiger partial charge on any atom is -0.490 e. The zero-order chi connectivity index (χ0) is 20.5. The van der Waals surface area contributed by atoms with Crippen molar-refractivity contribution in [1.29, 1.82) is 0 Å². The van der Waals surface area contributed by atoms with Crippen LogP contribution < -0.4 is 10.3 Å². The Labute approximate surface area is 173 Å². The molecule has 0 atom stereocenters. The summed E-state index contributed by atoms with van der Waals surface area (Å²) >= 11 is 1.65. The van der Waals surface area contributed by atoms with Crippen molar-refractivity contribution < 1.29 is 9.53 Å². The van der Waals surface area contributed by atoms with Crippen LogP contribution in [0.15, 0.2) is 35.1 Å². The van der Waals surface area contributed by atoms with Gasteiger partial charge in [0.2, 0.25) is 0 Å². The monoisotopic (exact) mass is 411 g/mol. The number of aryl methyl sites for hydroxylation is 2. The zero-order valence-corrected chi connectivity index (χ0v) is 17.8. The van der Waals surface area contributed by atoms with Gasteiger partial charge in [-0.2, -0.15) is 0 Å². The maximum Gasteiger partial charge on any atom is 0.254 e. The Balaban J connectivity index is 1.40. The lowest BCUT2D eigenvalue weighted by atomic mass is 10.1. The average molecular weight is 412 g/mol. The second-order valence-corrected chi connectivity index (χ2v) is 8.60. The molecule has 3 heterocycles. The van der Waals surface area contributed by atoms with Crippen molar-refractivity contribution in [1.82, 2.24) is 14.5 Å². The lowest BCUT2D eigenvalue weighted by molar-refractivity contribution is 0.0595. The third kappa shape index (κ3) is 4.05. The Kier molecular flexibility index (Phi) is 5.41. The molecular weight excluding hydrogens is 386 g/mol. The smallest absolute Gasteiger partial charge is 0.254 e. The molecular formula is C22H25N3O3S. The number of ether oxygens (including phenoxy) is 1. The van der Waals surface area contributed by atoms with E-state index in [1.807, 2.05) is 36.1 Å². The van der Waals surface area contributed by atoms with E-state index in [1.54, 1.807) is 23.0 Å². The molecule has 0 aliphatic carbocycles. The molecule has 0 N–H and O–H groups in total. The number of thiazole rings is 1. The van der Waals surface area contributed by atoms with Crippen molar-refractivity contribution in [3.05, 3.63) is 57.0 Å². The number of rotatable bonds is 4. The van der Waals surface area contributed by atoms with Gasteiger partial charge in [-0.15, -0.1) is 11.3 Å². The zero-order valence-electron chi connectivity index (χ0n) is 17.0. The highest BCUT2D eigenvalue weighted by molar-refractivity contribution is 7.18. The predicted molar refractivity (Wildman–Crippen MR) is 115 cm³/mol. The molecule has 0 unspecified atom stereocenters. The van der Waals surface area contributed by atoms with Crippen LogP contribution in [0, 0.1) is 6.92 Å². The number of carbonyl (C=O) groups is 1. The van der Waals surface area contributed by atoms with Crippen molar-refractivity contribution >= 4 is 27.5 Å². The summed E-state index contributed by atoms with van der Waals surface area (Å²) in [5.74, 6) is 0.666.